The molecular formula is C24H43N9O9. The first-order valence-electron chi connectivity index (χ1n) is 13.8. The van der Waals surface area contributed by atoms with Crippen molar-refractivity contribution in [3.63, 3.8) is 0 Å². The van der Waals surface area contributed by atoms with E-state index >= 15 is 0 Å². The Balaban J connectivity index is 3.78. The average molecular weight is 602 g/mol. The average Bonchev–Trinajstić information content (AvgIpc) is 2.96. The van der Waals surface area contributed by atoms with Gasteiger partial charge in [-0.15, -0.1) is 0 Å². The quantitative estimate of drug-likeness (QED) is 0.0415. The van der Waals surface area contributed by atoms with Gasteiger partial charge in [-0.3, -0.25) is 14.4 Å². The van der Waals surface area contributed by atoms with Gasteiger partial charge in [0.2, 0.25) is 17.7 Å². The van der Waals surface area contributed by atoms with Crippen LogP contribution in [0.4, 0.5) is 0 Å². The number of carbonyl (C=O) groups excluding carboxylic acids is 3. The second kappa shape index (κ2) is 28.9. The third-order valence-electron chi connectivity index (χ3n) is 5.27. The number of aliphatic carboxylic acids is 1. The summed E-state index contributed by atoms with van der Waals surface area (Å²) in [5.74, 6) is -1.98. The fourth-order valence-corrected chi connectivity index (χ4v) is 3.15. The Labute approximate surface area is 244 Å². The molecule has 0 aliphatic heterocycles. The van der Waals surface area contributed by atoms with Crippen LogP contribution in [0.3, 0.4) is 0 Å². The topological polar surface area (TPSA) is 259 Å². The predicted molar refractivity (Wildman–Crippen MR) is 149 cm³/mol. The molecule has 42 heavy (non-hydrogen) atoms. The van der Waals surface area contributed by atoms with Crippen molar-refractivity contribution in [1.82, 2.24) is 16.0 Å². The molecule has 0 aromatic carbocycles. The highest BCUT2D eigenvalue weighted by Gasteiger charge is 2.19. The number of azide groups is 2. The molecule has 0 spiro atoms. The van der Waals surface area contributed by atoms with Crippen molar-refractivity contribution in [2.24, 2.45) is 10.2 Å². The molecule has 0 unspecified atom stereocenters. The van der Waals surface area contributed by atoms with Crippen molar-refractivity contribution in [3.05, 3.63) is 20.9 Å². The lowest BCUT2D eigenvalue weighted by molar-refractivity contribution is -0.142. The van der Waals surface area contributed by atoms with Crippen LogP contribution < -0.4 is 16.0 Å². The van der Waals surface area contributed by atoms with Gasteiger partial charge in [0, 0.05) is 55.3 Å². The smallest absolute Gasteiger partial charge is 0.326 e. The molecule has 0 bridgehead atoms. The minimum absolute atomic E-state index is 0.0632. The first-order chi connectivity index (χ1) is 20.4. The molecule has 0 fully saturated rings. The SMILES string of the molecule is [N-]=[N+]=NCCOCCOCCC(=O)NCCCC[C@H](NC(=O)CCCNC(=O)CCOCCOCCN=[N+]=[N-])C(=O)O. The van der Waals surface area contributed by atoms with Crippen LogP contribution >= 0.6 is 0 Å². The molecule has 0 aliphatic carbocycles. The molecule has 238 valence electrons. The highest BCUT2D eigenvalue weighted by molar-refractivity contribution is 5.83. The molecule has 0 radical (unpaired) electrons. The van der Waals surface area contributed by atoms with Gasteiger partial charge in [-0.25, -0.2) is 4.79 Å². The number of hydrogen-bond acceptors (Lipinski definition) is 10. The molecule has 3 amide bonds. The van der Waals surface area contributed by atoms with E-state index in [9.17, 15) is 24.3 Å². The van der Waals surface area contributed by atoms with Crippen LogP contribution in [0.25, 0.3) is 20.9 Å². The summed E-state index contributed by atoms with van der Waals surface area (Å²) in [5.41, 5.74) is 16.3. The fraction of sp³-hybridized carbons (Fsp3) is 0.833. The molecule has 0 aromatic heterocycles. The minimum atomic E-state index is -1.14. The van der Waals surface area contributed by atoms with Gasteiger partial charge in [-0.05, 0) is 36.7 Å². The molecular weight excluding hydrogens is 558 g/mol. The van der Waals surface area contributed by atoms with Crippen LogP contribution in [-0.2, 0) is 38.1 Å². The Kier molecular flexibility index (Phi) is 26.3. The molecule has 0 saturated heterocycles. The summed E-state index contributed by atoms with van der Waals surface area (Å²) in [7, 11) is 0. The van der Waals surface area contributed by atoms with Gasteiger partial charge in [0.1, 0.15) is 6.04 Å². The molecule has 1 atom stereocenters. The van der Waals surface area contributed by atoms with Gasteiger partial charge in [0.05, 0.1) is 52.9 Å². The van der Waals surface area contributed by atoms with E-state index in [-0.39, 0.29) is 70.3 Å². The zero-order chi connectivity index (χ0) is 31.1. The lowest BCUT2D eigenvalue weighted by atomic mass is 10.1. The summed E-state index contributed by atoms with van der Waals surface area (Å²) < 4.78 is 20.9. The first-order valence-corrected chi connectivity index (χ1v) is 13.8. The standard InChI is InChI=1S/C24H43N9O9/c25-32-29-10-14-41-18-16-39-12-6-21(34)27-8-2-1-4-20(24(37)38)31-23(36)5-3-9-28-22(35)7-13-40-17-19-42-15-11-30-33-26/h20H,1-19H2,(H,27,34)(H,28,35)(H,31,36)(H,37,38)/t20-/m0/s1. The van der Waals surface area contributed by atoms with Gasteiger partial charge in [-0.2, -0.15) is 0 Å². The van der Waals surface area contributed by atoms with Crippen molar-refractivity contribution in [2.75, 3.05) is 79.0 Å². The predicted octanol–water partition coefficient (Wildman–Crippen LogP) is 1.21. The molecule has 0 saturated carbocycles. The number of nitrogens with one attached hydrogen (secondary N) is 3. The maximum Gasteiger partial charge on any atom is 0.326 e. The molecule has 18 heteroatoms. The summed E-state index contributed by atoms with van der Waals surface area (Å²) in [6.07, 6.45) is 2.00. The van der Waals surface area contributed by atoms with Crippen LogP contribution in [0.2, 0.25) is 0 Å². The molecule has 0 heterocycles. The summed E-state index contributed by atoms with van der Waals surface area (Å²) in [4.78, 5) is 52.5. The van der Waals surface area contributed by atoms with E-state index in [2.05, 4.69) is 36.0 Å². The summed E-state index contributed by atoms with van der Waals surface area (Å²) in [5, 5.41) is 23.9. The number of rotatable bonds is 29. The van der Waals surface area contributed by atoms with E-state index in [1.807, 2.05) is 0 Å². The Morgan fingerprint density at radius 3 is 1.60 bits per heavy atom. The molecule has 0 aromatic rings. The number of carbonyl (C=O) groups is 4. The van der Waals surface area contributed by atoms with Crippen LogP contribution in [0.15, 0.2) is 10.2 Å². The van der Waals surface area contributed by atoms with E-state index in [1.165, 1.54) is 0 Å². The van der Waals surface area contributed by atoms with E-state index in [0.29, 0.717) is 65.4 Å². The van der Waals surface area contributed by atoms with E-state index in [0.717, 1.165) is 0 Å². The number of unbranched alkanes of at least 4 members (excludes halogenated alkanes) is 1. The van der Waals surface area contributed by atoms with Gasteiger partial charge in [0.25, 0.3) is 0 Å². The number of hydrogen-bond donors (Lipinski definition) is 4. The number of amides is 3. The largest absolute Gasteiger partial charge is 0.480 e. The zero-order valence-electron chi connectivity index (χ0n) is 23.9. The Hall–Kier alpha value is -3.66. The van der Waals surface area contributed by atoms with E-state index < -0.39 is 17.9 Å². The van der Waals surface area contributed by atoms with Crippen molar-refractivity contribution in [1.29, 1.82) is 0 Å². The maximum absolute atomic E-state index is 12.1. The molecule has 0 aliphatic rings. The van der Waals surface area contributed by atoms with Crippen LogP contribution in [0.5, 0.6) is 0 Å². The third kappa shape index (κ3) is 26.6. The fourth-order valence-electron chi connectivity index (χ4n) is 3.15. The maximum atomic E-state index is 12.1. The Morgan fingerprint density at radius 1 is 0.643 bits per heavy atom. The normalized spacial score (nSPS) is 11.0. The van der Waals surface area contributed by atoms with Gasteiger partial charge >= 0.3 is 5.97 Å². The summed E-state index contributed by atoms with van der Waals surface area (Å²) >= 11 is 0. The van der Waals surface area contributed by atoms with Crippen LogP contribution in [0, 0.1) is 0 Å². The lowest BCUT2D eigenvalue weighted by Gasteiger charge is -2.15. The van der Waals surface area contributed by atoms with Gasteiger partial charge in [0.15, 0.2) is 0 Å². The van der Waals surface area contributed by atoms with E-state index in [1.54, 1.807) is 0 Å². The van der Waals surface area contributed by atoms with Crippen molar-refractivity contribution in [2.45, 2.75) is 51.0 Å². The highest BCUT2D eigenvalue weighted by Crippen LogP contribution is 2.03. The number of carboxylic acid groups (broad SMARTS) is 1. The zero-order valence-corrected chi connectivity index (χ0v) is 23.9. The van der Waals surface area contributed by atoms with E-state index in [4.69, 9.17) is 30.0 Å². The van der Waals surface area contributed by atoms with Crippen molar-refractivity contribution >= 4 is 23.7 Å². The lowest BCUT2D eigenvalue weighted by Crippen LogP contribution is -2.41. The first kappa shape index (κ1) is 38.3. The highest BCUT2D eigenvalue weighted by atomic mass is 16.5. The number of nitrogens with zero attached hydrogens (tertiary/aromatic N) is 6. The number of carboxylic acids is 1. The Bertz CT molecular complexity index is 866. The molecule has 4 N–H and O–H groups in total. The van der Waals surface area contributed by atoms with Gasteiger partial charge in [-0.1, -0.05) is 10.2 Å². The summed E-state index contributed by atoms with van der Waals surface area (Å²) in [6, 6.07) is -1.04. The monoisotopic (exact) mass is 601 g/mol. The van der Waals surface area contributed by atoms with Crippen molar-refractivity contribution in [3.8, 4) is 0 Å². The minimum Gasteiger partial charge on any atom is -0.480 e. The Morgan fingerprint density at radius 2 is 1.12 bits per heavy atom. The second-order valence-electron chi connectivity index (χ2n) is 8.62. The van der Waals surface area contributed by atoms with Gasteiger partial charge < -0.3 is 40.0 Å². The summed E-state index contributed by atoms with van der Waals surface area (Å²) in [6.45, 7) is 3.46. The molecule has 0 rings (SSSR count). The third-order valence-corrected chi connectivity index (χ3v) is 5.27. The molecule has 18 nitrogen and oxygen atoms in total. The second-order valence-corrected chi connectivity index (χ2v) is 8.62. The number of ether oxygens (including phenoxy) is 4. The van der Waals surface area contributed by atoms with Crippen molar-refractivity contribution < 1.29 is 43.2 Å². The van der Waals surface area contributed by atoms with Crippen LogP contribution in [-0.4, -0.2) is 114 Å². The van der Waals surface area contributed by atoms with Crippen LogP contribution in [0.1, 0.15) is 44.9 Å².